The van der Waals surface area contributed by atoms with Crippen LogP contribution >= 0.6 is 0 Å². The highest BCUT2D eigenvalue weighted by molar-refractivity contribution is 5.66. The minimum Gasteiger partial charge on any atom is -0.481 e. The number of hydrogen-bond acceptors (Lipinski definition) is 4. The van der Waals surface area contributed by atoms with Crippen molar-refractivity contribution in [3.63, 3.8) is 0 Å². The third-order valence-electron chi connectivity index (χ3n) is 7.26. The van der Waals surface area contributed by atoms with Gasteiger partial charge >= 0.3 is 5.97 Å². The van der Waals surface area contributed by atoms with E-state index in [1.165, 1.54) is 18.4 Å². The Bertz CT molecular complexity index is 901. The van der Waals surface area contributed by atoms with Gasteiger partial charge in [-0.2, -0.15) is 0 Å². The summed E-state index contributed by atoms with van der Waals surface area (Å²) in [6.45, 7) is 1.51. The smallest absolute Gasteiger partial charge is 0.303 e. The largest absolute Gasteiger partial charge is 0.481 e. The first-order chi connectivity index (χ1) is 17.5. The van der Waals surface area contributed by atoms with Crippen LogP contribution in [0.3, 0.4) is 0 Å². The number of benzene rings is 2. The number of aliphatic hydroxyl groups is 1. The Balaban J connectivity index is 1.52. The molecule has 1 fully saturated rings. The van der Waals surface area contributed by atoms with Gasteiger partial charge in [0.15, 0.2) is 0 Å². The van der Waals surface area contributed by atoms with Crippen molar-refractivity contribution >= 4 is 5.97 Å². The molecule has 0 aliphatic heterocycles. The highest BCUT2D eigenvalue weighted by Crippen LogP contribution is 2.36. The molecule has 1 aliphatic carbocycles. The monoisotopic (exact) mass is 493 g/mol. The van der Waals surface area contributed by atoms with Gasteiger partial charge in [-0.05, 0) is 63.2 Å². The summed E-state index contributed by atoms with van der Waals surface area (Å²) in [7, 11) is 2.13. The number of rotatable bonds is 16. The Labute approximate surface area is 216 Å². The third kappa shape index (κ3) is 9.53. The fourth-order valence-electron chi connectivity index (χ4n) is 5.34. The molecule has 0 bridgehead atoms. The predicted octanol–water partition coefficient (Wildman–Crippen LogP) is 5.87. The highest BCUT2D eigenvalue weighted by Gasteiger charge is 2.44. The quantitative estimate of drug-likeness (QED) is 0.226. The normalized spacial score (nSPS) is 22.0. The van der Waals surface area contributed by atoms with Crippen molar-refractivity contribution in [1.82, 2.24) is 4.90 Å². The summed E-state index contributed by atoms with van der Waals surface area (Å²) in [5, 5.41) is 19.9. The molecule has 4 atom stereocenters. The second kappa shape index (κ2) is 15.6. The topological polar surface area (TPSA) is 70.0 Å². The minimum atomic E-state index is -0.748. The molecule has 5 nitrogen and oxygen atoms in total. The molecule has 0 amide bonds. The molecule has 2 aromatic rings. The van der Waals surface area contributed by atoms with Crippen molar-refractivity contribution in [2.75, 3.05) is 13.6 Å². The maximum atomic E-state index is 11.0. The van der Waals surface area contributed by atoms with E-state index in [1.54, 1.807) is 0 Å². The van der Waals surface area contributed by atoms with Crippen molar-refractivity contribution in [2.24, 2.45) is 5.92 Å². The summed E-state index contributed by atoms with van der Waals surface area (Å²) in [6.07, 6.45) is 11.5. The summed E-state index contributed by atoms with van der Waals surface area (Å²) in [4.78, 5) is 13.1. The maximum absolute atomic E-state index is 11.0. The summed E-state index contributed by atoms with van der Waals surface area (Å²) >= 11 is 0. The molecular formula is C31H43NO4. The number of allylic oxidation sites excluding steroid dienone is 2. The van der Waals surface area contributed by atoms with E-state index in [4.69, 9.17) is 9.84 Å². The molecular weight excluding hydrogens is 450 g/mol. The summed E-state index contributed by atoms with van der Waals surface area (Å²) in [5.74, 6) is -0.545. The number of likely N-dealkylation sites (N-methyl/N-ethyl adjacent to an activating group) is 1. The SMILES string of the molecule is CN(CCCCCc1ccccc1)[C@@H]1[C@@H](CC=CCCCC(=O)O)[C@@H](OCc2ccccc2)C[C@H]1O. The standard InChI is InChI=1S/C31H43NO4/c1-32(22-14-6-11-17-25-15-7-4-8-16-25)31-27(20-12-2-3-13-21-30(34)35)29(23-28(31)33)36-24-26-18-9-5-10-19-26/h2,4-5,7-10,12,15-16,18-19,27-29,31,33H,3,6,11,13-14,17,20-24H2,1H3,(H,34,35)/t27-,28+,29-,31+/m0/s1. The molecule has 0 aromatic heterocycles. The van der Waals surface area contributed by atoms with Crippen LogP contribution in [0, 0.1) is 5.92 Å². The van der Waals surface area contributed by atoms with Gasteiger partial charge in [-0.25, -0.2) is 0 Å². The van der Waals surface area contributed by atoms with E-state index in [9.17, 15) is 9.90 Å². The molecule has 36 heavy (non-hydrogen) atoms. The van der Waals surface area contributed by atoms with E-state index in [0.717, 1.165) is 37.8 Å². The van der Waals surface area contributed by atoms with Gasteiger partial charge in [0.25, 0.3) is 0 Å². The van der Waals surface area contributed by atoms with Gasteiger partial charge in [-0.15, -0.1) is 0 Å². The van der Waals surface area contributed by atoms with Crippen molar-refractivity contribution in [2.45, 2.75) is 82.6 Å². The van der Waals surface area contributed by atoms with Gasteiger partial charge in [-0.3, -0.25) is 4.79 Å². The van der Waals surface area contributed by atoms with Crippen molar-refractivity contribution < 1.29 is 19.7 Å². The van der Waals surface area contributed by atoms with E-state index in [0.29, 0.717) is 19.4 Å². The van der Waals surface area contributed by atoms with E-state index >= 15 is 0 Å². The molecule has 1 aliphatic rings. The molecule has 0 spiro atoms. The lowest BCUT2D eigenvalue weighted by atomic mass is 9.95. The number of carbonyl (C=O) groups is 1. The lowest BCUT2D eigenvalue weighted by molar-refractivity contribution is -0.137. The number of carboxylic acid groups (broad SMARTS) is 1. The molecule has 0 saturated heterocycles. The molecule has 0 unspecified atom stereocenters. The minimum absolute atomic E-state index is 0.00518. The summed E-state index contributed by atoms with van der Waals surface area (Å²) in [6, 6.07) is 20.9. The molecule has 0 heterocycles. The number of aliphatic carboxylic acids is 1. The van der Waals surface area contributed by atoms with Crippen LogP contribution in [0.15, 0.2) is 72.8 Å². The Hall–Kier alpha value is -2.47. The number of aryl methyl sites for hydroxylation is 1. The fraction of sp³-hybridized carbons (Fsp3) is 0.516. The lowest BCUT2D eigenvalue weighted by Gasteiger charge is -2.33. The Morgan fingerprint density at radius 3 is 2.36 bits per heavy atom. The number of ether oxygens (including phenoxy) is 1. The first-order valence-electron chi connectivity index (χ1n) is 13.5. The number of aliphatic hydroxyl groups excluding tert-OH is 1. The van der Waals surface area contributed by atoms with Gasteiger partial charge in [0.05, 0.1) is 18.8 Å². The fourth-order valence-corrected chi connectivity index (χ4v) is 5.34. The van der Waals surface area contributed by atoms with Crippen molar-refractivity contribution in [1.29, 1.82) is 0 Å². The Morgan fingerprint density at radius 1 is 0.972 bits per heavy atom. The van der Waals surface area contributed by atoms with E-state index in [1.807, 2.05) is 18.2 Å². The van der Waals surface area contributed by atoms with Gasteiger partial charge < -0.3 is 19.8 Å². The van der Waals surface area contributed by atoms with E-state index in [-0.39, 0.29) is 24.5 Å². The zero-order chi connectivity index (χ0) is 25.6. The van der Waals surface area contributed by atoms with Gasteiger partial charge in [0.2, 0.25) is 0 Å². The van der Waals surface area contributed by atoms with Crippen LogP contribution in [-0.2, 0) is 22.6 Å². The molecule has 5 heteroatoms. The second-order valence-corrected chi connectivity index (χ2v) is 10.1. The van der Waals surface area contributed by atoms with Crippen LogP contribution in [0.25, 0.3) is 0 Å². The first-order valence-corrected chi connectivity index (χ1v) is 13.5. The lowest BCUT2D eigenvalue weighted by Crippen LogP contribution is -2.43. The van der Waals surface area contributed by atoms with Gasteiger partial charge in [0, 0.05) is 24.8 Å². The van der Waals surface area contributed by atoms with Crippen LogP contribution in [0.1, 0.15) is 62.5 Å². The summed E-state index contributed by atoms with van der Waals surface area (Å²) in [5.41, 5.74) is 2.54. The van der Waals surface area contributed by atoms with Crippen LogP contribution in [-0.4, -0.2) is 52.9 Å². The average molecular weight is 494 g/mol. The van der Waals surface area contributed by atoms with Crippen LogP contribution in [0.2, 0.25) is 0 Å². The number of nitrogens with zero attached hydrogens (tertiary/aromatic N) is 1. The first kappa shape index (κ1) is 28.1. The third-order valence-corrected chi connectivity index (χ3v) is 7.26. The van der Waals surface area contributed by atoms with Crippen LogP contribution in [0.5, 0.6) is 0 Å². The summed E-state index contributed by atoms with van der Waals surface area (Å²) < 4.78 is 6.36. The number of hydrogen-bond donors (Lipinski definition) is 2. The van der Waals surface area contributed by atoms with E-state index in [2.05, 4.69) is 66.6 Å². The second-order valence-electron chi connectivity index (χ2n) is 10.1. The molecule has 2 N–H and O–H groups in total. The average Bonchev–Trinajstić information content (AvgIpc) is 3.20. The Kier molecular flexibility index (Phi) is 12.2. The molecule has 1 saturated carbocycles. The van der Waals surface area contributed by atoms with Crippen LogP contribution < -0.4 is 0 Å². The Morgan fingerprint density at radius 2 is 1.67 bits per heavy atom. The zero-order valence-electron chi connectivity index (χ0n) is 21.7. The number of unbranched alkanes of at least 4 members (excludes halogenated alkanes) is 3. The van der Waals surface area contributed by atoms with Gasteiger partial charge in [0.1, 0.15) is 0 Å². The number of carboxylic acids is 1. The maximum Gasteiger partial charge on any atom is 0.303 e. The molecule has 2 aromatic carbocycles. The molecule has 196 valence electrons. The highest BCUT2D eigenvalue weighted by atomic mass is 16.5. The molecule has 3 rings (SSSR count). The van der Waals surface area contributed by atoms with Gasteiger partial charge in [-0.1, -0.05) is 79.2 Å². The van der Waals surface area contributed by atoms with Crippen molar-refractivity contribution in [3.05, 3.63) is 83.9 Å². The van der Waals surface area contributed by atoms with Crippen molar-refractivity contribution in [3.8, 4) is 0 Å². The van der Waals surface area contributed by atoms with E-state index < -0.39 is 12.1 Å². The zero-order valence-corrected chi connectivity index (χ0v) is 21.7. The molecule has 0 radical (unpaired) electrons. The van der Waals surface area contributed by atoms with Crippen LogP contribution in [0.4, 0.5) is 0 Å². The predicted molar refractivity (Wildman–Crippen MR) is 145 cm³/mol.